The minimum absolute atomic E-state index is 0.520. The maximum atomic E-state index is 5.79. The lowest BCUT2D eigenvalue weighted by molar-refractivity contribution is -0.0257. The van der Waals surface area contributed by atoms with Crippen LogP contribution in [0.3, 0.4) is 0 Å². The highest BCUT2D eigenvalue weighted by Crippen LogP contribution is 2.15. The molecule has 0 saturated carbocycles. The fourth-order valence-corrected chi connectivity index (χ4v) is 5.22. The van der Waals surface area contributed by atoms with Crippen LogP contribution in [-0.4, -0.2) is 140 Å². The fourth-order valence-electron chi connectivity index (χ4n) is 4.53. The maximum absolute atomic E-state index is 5.79. The molecular formula is C38H72O11Si. The van der Waals surface area contributed by atoms with E-state index in [0.717, 1.165) is 12.2 Å². The molecular weight excluding hydrogens is 660 g/mol. The van der Waals surface area contributed by atoms with Gasteiger partial charge >= 0.3 is 0 Å². The van der Waals surface area contributed by atoms with Crippen molar-refractivity contribution in [2.24, 2.45) is 0 Å². The zero-order valence-corrected chi connectivity index (χ0v) is 33.1. The van der Waals surface area contributed by atoms with Crippen molar-refractivity contribution in [2.45, 2.75) is 77.9 Å². The molecule has 0 aliphatic heterocycles. The van der Waals surface area contributed by atoms with Gasteiger partial charge in [-0.3, -0.25) is 0 Å². The van der Waals surface area contributed by atoms with Crippen molar-refractivity contribution in [3.63, 3.8) is 0 Å². The lowest BCUT2D eigenvalue weighted by Crippen LogP contribution is -2.27. The monoisotopic (exact) mass is 732 g/mol. The number of unbranched alkanes of at least 4 members (excludes halogenated alkanes) is 6. The molecule has 0 amide bonds. The first-order valence-corrected chi connectivity index (χ1v) is 22.5. The predicted molar refractivity (Wildman–Crippen MR) is 200 cm³/mol. The number of benzene rings is 1. The van der Waals surface area contributed by atoms with Gasteiger partial charge in [0.15, 0.2) is 8.32 Å². The van der Waals surface area contributed by atoms with E-state index in [1.54, 1.807) is 0 Å². The number of aryl methyl sites for hydroxylation is 1. The predicted octanol–water partition coefficient (Wildman–Crippen LogP) is 6.36. The van der Waals surface area contributed by atoms with E-state index in [-0.39, 0.29) is 0 Å². The zero-order valence-electron chi connectivity index (χ0n) is 32.1. The minimum Gasteiger partial charge on any atom is -0.491 e. The van der Waals surface area contributed by atoms with Crippen LogP contribution in [0.5, 0.6) is 5.75 Å². The Hall–Kier alpha value is -1.16. The normalized spacial score (nSPS) is 11.8. The van der Waals surface area contributed by atoms with Gasteiger partial charge in [0.1, 0.15) is 12.4 Å². The first kappa shape index (κ1) is 46.9. The number of ether oxygens (including phenoxy) is 10. The Kier molecular flexibility index (Phi) is 33.9. The topological polar surface area (TPSA) is 102 Å². The summed E-state index contributed by atoms with van der Waals surface area (Å²) in [5.74, 6) is 0.889. The van der Waals surface area contributed by atoms with Gasteiger partial charge < -0.3 is 51.8 Å². The Morgan fingerprint density at radius 2 is 0.700 bits per heavy atom. The highest BCUT2D eigenvalue weighted by atomic mass is 28.4. The fraction of sp³-hybridized carbons (Fsp3) is 0.842. The molecule has 0 spiro atoms. The summed E-state index contributed by atoms with van der Waals surface area (Å²) in [5.41, 5.74) is 1.38. The summed E-state index contributed by atoms with van der Waals surface area (Å²) < 4.78 is 61.2. The molecule has 0 atom stereocenters. The molecule has 0 heterocycles. The van der Waals surface area contributed by atoms with Crippen LogP contribution in [0.2, 0.25) is 19.6 Å². The lowest BCUT2D eigenvalue weighted by atomic mass is 10.0. The molecule has 50 heavy (non-hydrogen) atoms. The molecule has 0 unspecified atom stereocenters. The first-order valence-electron chi connectivity index (χ1n) is 19.1. The summed E-state index contributed by atoms with van der Waals surface area (Å²) >= 11 is 0. The summed E-state index contributed by atoms with van der Waals surface area (Å²) in [5, 5.41) is 0. The number of hydrogen-bond acceptors (Lipinski definition) is 11. The Bertz CT molecular complexity index is 811. The molecule has 0 radical (unpaired) electrons. The molecule has 12 heteroatoms. The highest BCUT2D eigenvalue weighted by Gasteiger charge is 2.13. The van der Waals surface area contributed by atoms with E-state index in [9.17, 15) is 0 Å². The molecule has 0 aromatic heterocycles. The van der Waals surface area contributed by atoms with E-state index < -0.39 is 8.32 Å². The van der Waals surface area contributed by atoms with Crippen LogP contribution in [0.15, 0.2) is 24.3 Å². The Morgan fingerprint density at radius 1 is 0.380 bits per heavy atom. The molecule has 294 valence electrons. The van der Waals surface area contributed by atoms with Crippen LogP contribution in [-0.2, 0) is 53.5 Å². The molecule has 0 saturated heterocycles. The van der Waals surface area contributed by atoms with Gasteiger partial charge in [0.25, 0.3) is 0 Å². The summed E-state index contributed by atoms with van der Waals surface area (Å²) in [7, 11) is -1.45. The van der Waals surface area contributed by atoms with Crippen molar-refractivity contribution in [2.75, 3.05) is 132 Å². The van der Waals surface area contributed by atoms with Crippen molar-refractivity contribution in [3.05, 3.63) is 29.8 Å². The van der Waals surface area contributed by atoms with Crippen molar-refractivity contribution in [1.82, 2.24) is 0 Å². The van der Waals surface area contributed by atoms with Crippen molar-refractivity contribution < 1.29 is 51.8 Å². The summed E-state index contributed by atoms with van der Waals surface area (Å²) in [6.45, 7) is 19.6. The van der Waals surface area contributed by atoms with Crippen LogP contribution >= 0.6 is 0 Å². The van der Waals surface area contributed by atoms with Crippen molar-refractivity contribution in [1.29, 1.82) is 0 Å². The van der Waals surface area contributed by atoms with Gasteiger partial charge in [0, 0.05) is 0 Å². The quantitative estimate of drug-likeness (QED) is 0.0557. The van der Waals surface area contributed by atoms with E-state index in [0.29, 0.717) is 132 Å². The van der Waals surface area contributed by atoms with Gasteiger partial charge in [0.2, 0.25) is 0 Å². The average molecular weight is 733 g/mol. The summed E-state index contributed by atoms with van der Waals surface area (Å²) in [6.07, 6.45) is 10.5. The molecule has 1 aromatic rings. The molecule has 0 N–H and O–H groups in total. The van der Waals surface area contributed by atoms with E-state index in [2.05, 4.69) is 50.8 Å². The SMILES string of the molecule is CCCCCCCCCc1ccc(OCCOCCOCCOCCOCCOCCOCCOCCOCCOCCO[Si](C)(C)C)cc1. The molecule has 1 rings (SSSR count). The second-order valence-electron chi connectivity index (χ2n) is 12.8. The van der Waals surface area contributed by atoms with Crippen molar-refractivity contribution in [3.8, 4) is 5.75 Å². The van der Waals surface area contributed by atoms with Crippen LogP contribution < -0.4 is 4.74 Å². The van der Waals surface area contributed by atoms with Crippen LogP contribution in [0.1, 0.15) is 57.4 Å². The average Bonchev–Trinajstić information content (AvgIpc) is 3.10. The smallest absolute Gasteiger partial charge is 0.183 e. The van der Waals surface area contributed by atoms with E-state index in [1.807, 2.05) is 0 Å². The zero-order chi connectivity index (χ0) is 36.1. The summed E-state index contributed by atoms with van der Waals surface area (Å²) in [4.78, 5) is 0. The maximum Gasteiger partial charge on any atom is 0.183 e. The molecule has 11 nitrogen and oxygen atoms in total. The van der Waals surface area contributed by atoms with E-state index in [1.165, 1.54) is 50.5 Å². The van der Waals surface area contributed by atoms with E-state index >= 15 is 0 Å². The van der Waals surface area contributed by atoms with Crippen molar-refractivity contribution >= 4 is 8.32 Å². The van der Waals surface area contributed by atoms with Gasteiger partial charge in [-0.05, 0) is 50.2 Å². The number of hydrogen-bond donors (Lipinski definition) is 0. The van der Waals surface area contributed by atoms with Crippen LogP contribution in [0, 0.1) is 0 Å². The third kappa shape index (κ3) is 35.2. The third-order valence-corrected chi connectivity index (χ3v) is 8.30. The van der Waals surface area contributed by atoms with E-state index in [4.69, 9.17) is 51.8 Å². The van der Waals surface area contributed by atoms with Gasteiger partial charge in [-0.15, -0.1) is 0 Å². The first-order chi connectivity index (χ1) is 24.5. The standard InChI is InChI=1S/C38H72O11Si/c1-5-6-7-8-9-10-11-12-37-13-15-38(16-14-37)48-35-33-46-31-29-44-27-25-42-23-21-40-19-17-39-18-20-41-22-24-43-26-28-45-30-32-47-34-36-49-50(2,3)4/h13-16H,5-12,17-36H2,1-4H3. The second-order valence-corrected chi connectivity index (χ2v) is 17.3. The molecule has 0 bridgehead atoms. The van der Waals surface area contributed by atoms with Gasteiger partial charge in [-0.2, -0.15) is 0 Å². The molecule has 1 aromatic carbocycles. The highest BCUT2D eigenvalue weighted by molar-refractivity contribution is 6.69. The van der Waals surface area contributed by atoms with Gasteiger partial charge in [-0.25, -0.2) is 0 Å². The largest absolute Gasteiger partial charge is 0.491 e. The Morgan fingerprint density at radius 3 is 1.06 bits per heavy atom. The molecule has 0 aliphatic carbocycles. The Balaban J connectivity index is 1.70. The van der Waals surface area contributed by atoms with Gasteiger partial charge in [0.05, 0.1) is 126 Å². The Labute approximate surface area is 305 Å². The molecule has 0 aliphatic rings. The summed E-state index contributed by atoms with van der Waals surface area (Å²) in [6, 6.07) is 8.46. The number of rotatable bonds is 40. The van der Waals surface area contributed by atoms with Gasteiger partial charge in [-0.1, -0.05) is 57.6 Å². The minimum atomic E-state index is -1.45. The van der Waals surface area contributed by atoms with Crippen LogP contribution in [0.4, 0.5) is 0 Å². The lowest BCUT2D eigenvalue weighted by Gasteiger charge is -2.16. The van der Waals surface area contributed by atoms with Crippen LogP contribution in [0.25, 0.3) is 0 Å². The second kappa shape index (κ2) is 36.2. The molecule has 0 fully saturated rings. The third-order valence-electron chi connectivity index (χ3n) is 7.23.